The SMILES string of the molecule is C=C/C=C\C(=C/C)CCN. The minimum absolute atomic E-state index is 0.709. The third kappa shape index (κ3) is 4.10. The molecule has 0 aliphatic carbocycles. The molecule has 1 heteroatoms. The van der Waals surface area contributed by atoms with E-state index in [9.17, 15) is 0 Å². The summed E-state index contributed by atoms with van der Waals surface area (Å²) in [6.45, 7) is 6.30. The van der Waals surface area contributed by atoms with Gasteiger partial charge in [-0.05, 0) is 19.9 Å². The van der Waals surface area contributed by atoms with Crippen LogP contribution in [0.2, 0.25) is 0 Å². The van der Waals surface area contributed by atoms with Crippen molar-refractivity contribution in [1.29, 1.82) is 0 Å². The second-order valence-corrected chi connectivity index (χ2v) is 2.00. The molecule has 0 amide bonds. The number of hydrogen-bond donors (Lipinski definition) is 1. The molecule has 0 heterocycles. The van der Waals surface area contributed by atoms with E-state index < -0.39 is 0 Å². The summed E-state index contributed by atoms with van der Waals surface area (Å²) in [6, 6.07) is 0. The van der Waals surface area contributed by atoms with Crippen LogP contribution in [0.1, 0.15) is 13.3 Å². The molecular weight excluding hydrogens is 122 g/mol. The van der Waals surface area contributed by atoms with Crippen molar-refractivity contribution in [2.24, 2.45) is 5.73 Å². The molecule has 0 aliphatic heterocycles. The molecule has 0 atom stereocenters. The van der Waals surface area contributed by atoms with Crippen LogP contribution < -0.4 is 5.73 Å². The predicted molar refractivity (Wildman–Crippen MR) is 46.8 cm³/mol. The van der Waals surface area contributed by atoms with Crippen molar-refractivity contribution >= 4 is 0 Å². The first-order valence-electron chi connectivity index (χ1n) is 3.49. The van der Waals surface area contributed by atoms with Gasteiger partial charge in [0.1, 0.15) is 0 Å². The normalized spacial score (nSPS) is 12.4. The molecule has 0 radical (unpaired) electrons. The van der Waals surface area contributed by atoms with Gasteiger partial charge in [0.2, 0.25) is 0 Å². The highest BCUT2D eigenvalue weighted by Gasteiger charge is 1.85. The summed E-state index contributed by atoms with van der Waals surface area (Å²) in [5, 5.41) is 0. The lowest BCUT2D eigenvalue weighted by molar-refractivity contribution is 0.971. The summed E-state index contributed by atoms with van der Waals surface area (Å²) >= 11 is 0. The number of rotatable bonds is 4. The van der Waals surface area contributed by atoms with Crippen molar-refractivity contribution < 1.29 is 0 Å². The van der Waals surface area contributed by atoms with E-state index in [0.29, 0.717) is 6.54 Å². The van der Waals surface area contributed by atoms with Crippen LogP contribution in [0.15, 0.2) is 36.5 Å². The fourth-order valence-electron chi connectivity index (χ4n) is 0.682. The molecule has 0 unspecified atom stereocenters. The quantitative estimate of drug-likeness (QED) is 0.589. The molecule has 0 aliphatic rings. The maximum Gasteiger partial charge on any atom is -0.00368 e. The van der Waals surface area contributed by atoms with Crippen LogP contribution in [0.5, 0.6) is 0 Å². The maximum absolute atomic E-state index is 5.38. The van der Waals surface area contributed by atoms with Gasteiger partial charge in [0.25, 0.3) is 0 Å². The first-order chi connectivity index (χ1) is 4.85. The van der Waals surface area contributed by atoms with E-state index in [-0.39, 0.29) is 0 Å². The zero-order valence-corrected chi connectivity index (χ0v) is 6.51. The van der Waals surface area contributed by atoms with Crippen molar-refractivity contribution in [3.63, 3.8) is 0 Å². The second kappa shape index (κ2) is 6.30. The van der Waals surface area contributed by atoms with E-state index in [1.54, 1.807) is 6.08 Å². The topological polar surface area (TPSA) is 26.0 Å². The van der Waals surface area contributed by atoms with Gasteiger partial charge in [0.15, 0.2) is 0 Å². The largest absolute Gasteiger partial charge is 0.330 e. The van der Waals surface area contributed by atoms with Gasteiger partial charge in [-0.25, -0.2) is 0 Å². The summed E-state index contributed by atoms with van der Waals surface area (Å²) < 4.78 is 0. The lowest BCUT2D eigenvalue weighted by Gasteiger charge is -1.95. The number of hydrogen-bond acceptors (Lipinski definition) is 1. The first-order valence-corrected chi connectivity index (χ1v) is 3.49. The van der Waals surface area contributed by atoms with Crippen molar-refractivity contribution in [1.82, 2.24) is 0 Å². The Balaban J connectivity index is 3.84. The Morgan fingerprint density at radius 1 is 1.60 bits per heavy atom. The van der Waals surface area contributed by atoms with Gasteiger partial charge in [-0.3, -0.25) is 0 Å². The van der Waals surface area contributed by atoms with E-state index in [4.69, 9.17) is 5.73 Å². The average molecular weight is 137 g/mol. The maximum atomic E-state index is 5.38. The number of allylic oxidation sites excluding steroid dienone is 4. The monoisotopic (exact) mass is 137 g/mol. The van der Waals surface area contributed by atoms with Gasteiger partial charge < -0.3 is 5.73 Å². The van der Waals surface area contributed by atoms with Gasteiger partial charge in [-0.2, -0.15) is 0 Å². The highest BCUT2D eigenvalue weighted by Crippen LogP contribution is 2.00. The van der Waals surface area contributed by atoms with E-state index >= 15 is 0 Å². The van der Waals surface area contributed by atoms with E-state index in [1.807, 2.05) is 19.1 Å². The molecule has 2 N–H and O–H groups in total. The minimum Gasteiger partial charge on any atom is -0.330 e. The summed E-state index contributed by atoms with van der Waals surface area (Å²) in [5.74, 6) is 0. The molecule has 0 saturated carbocycles. The Hall–Kier alpha value is -0.820. The molecule has 0 spiro atoms. The molecule has 56 valence electrons. The van der Waals surface area contributed by atoms with Crippen LogP contribution in [0, 0.1) is 0 Å². The van der Waals surface area contributed by atoms with Crippen LogP contribution in [0.3, 0.4) is 0 Å². The zero-order valence-electron chi connectivity index (χ0n) is 6.51. The predicted octanol–water partition coefficient (Wildman–Crippen LogP) is 2.02. The molecule has 0 aromatic rings. The van der Waals surface area contributed by atoms with Crippen LogP contribution >= 0.6 is 0 Å². The van der Waals surface area contributed by atoms with Crippen molar-refractivity contribution in [3.8, 4) is 0 Å². The van der Waals surface area contributed by atoms with Crippen LogP contribution in [0.4, 0.5) is 0 Å². The fourth-order valence-corrected chi connectivity index (χ4v) is 0.682. The summed E-state index contributed by atoms with van der Waals surface area (Å²) in [5.41, 5.74) is 6.64. The Kier molecular flexibility index (Phi) is 5.79. The molecule has 0 aromatic heterocycles. The molecule has 0 aromatic carbocycles. The molecule has 0 saturated heterocycles. The van der Waals surface area contributed by atoms with Gasteiger partial charge in [0.05, 0.1) is 0 Å². The van der Waals surface area contributed by atoms with Crippen LogP contribution in [-0.2, 0) is 0 Å². The Morgan fingerprint density at radius 3 is 2.70 bits per heavy atom. The molecule has 0 fully saturated rings. The van der Waals surface area contributed by atoms with Crippen LogP contribution in [0.25, 0.3) is 0 Å². The third-order valence-electron chi connectivity index (χ3n) is 1.25. The lowest BCUT2D eigenvalue weighted by Crippen LogP contribution is -1.98. The van der Waals surface area contributed by atoms with E-state index in [2.05, 4.69) is 12.7 Å². The molecule has 0 rings (SSSR count). The molecular formula is C9H15N. The highest BCUT2D eigenvalue weighted by atomic mass is 14.5. The van der Waals surface area contributed by atoms with E-state index in [1.165, 1.54) is 5.57 Å². The van der Waals surface area contributed by atoms with Gasteiger partial charge in [-0.15, -0.1) is 0 Å². The summed E-state index contributed by atoms with van der Waals surface area (Å²) in [4.78, 5) is 0. The molecule has 1 nitrogen and oxygen atoms in total. The van der Waals surface area contributed by atoms with Crippen molar-refractivity contribution in [2.45, 2.75) is 13.3 Å². The van der Waals surface area contributed by atoms with Gasteiger partial charge in [-0.1, -0.05) is 36.5 Å². The summed E-state index contributed by atoms with van der Waals surface area (Å²) in [7, 11) is 0. The second-order valence-electron chi connectivity index (χ2n) is 2.00. The zero-order chi connectivity index (χ0) is 7.82. The average Bonchev–Trinajstić information content (AvgIpc) is 1.98. The highest BCUT2D eigenvalue weighted by molar-refractivity contribution is 5.20. The molecule has 10 heavy (non-hydrogen) atoms. The smallest absolute Gasteiger partial charge is 0.00368 e. The van der Waals surface area contributed by atoms with Crippen LogP contribution in [-0.4, -0.2) is 6.54 Å². The summed E-state index contributed by atoms with van der Waals surface area (Å²) in [6.07, 6.45) is 8.72. The van der Waals surface area contributed by atoms with E-state index in [0.717, 1.165) is 6.42 Å². The minimum atomic E-state index is 0.709. The van der Waals surface area contributed by atoms with Gasteiger partial charge >= 0.3 is 0 Å². The van der Waals surface area contributed by atoms with Crippen molar-refractivity contribution in [3.05, 3.63) is 36.5 Å². The Morgan fingerprint density at radius 2 is 2.30 bits per heavy atom. The van der Waals surface area contributed by atoms with Crippen molar-refractivity contribution in [2.75, 3.05) is 6.54 Å². The third-order valence-corrected chi connectivity index (χ3v) is 1.25. The molecule has 0 bridgehead atoms. The Bertz CT molecular complexity index is 143. The number of nitrogens with two attached hydrogens (primary N) is 1. The fraction of sp³-hybridized carbons (Fsp3) is 0.333. The lowest BCUT2D eigenvalue weighted by atomic mass is 10.1. The first kappa shape index (κ1) is 9.18. The Labute approximate surface area is 62.9 Å². The standard InChI is InChI=1S/C9H15N/c1-3-5-6-9(4-2)7-8-10/h3-6H,1,7-8,10H2,2H3/b6-5-,9-4+. The van der Waals surface area contributed by atoms with Gasteiger partial charge in [0, 0.05) is 0 Å².